The number of fused-ring (bicyclic) bond motifs is 1. The minimum atomic E-state index is 0.333. The first kappa shape index (κ1) is 13.0. The van der Waals surface area contributed by atoms with E-state index in [0.29, 0.717) is 23.7 Å². The molecule has 0 aliphatic carbocycles. The summed E-state index contributed by atoms with van der Waals surface area (Å²) in [5, 5.41) is 8.99. The van der Waals surface area contributed by atoms with Gasteiger partial charge in [-0.3, -0.25) is 0 Å². The second-order valence-corrected chi connectivity index (χ2v) is 4.50. The first-order chi connectivity index (χ1) is 10.3. The van der Waals surface area contributed by atoms with E-state index in [4.69, 9.17) is 14.7 Å². The second-order valence-electron chi connectivity index (χ2n) is 4.50. The van der Waals surface area contributed by atoms with Crippen LogP contribution in [-0.2, 0) is 6.61 Å². The van der Waals surface area contributed by atoms with Crippen LogP contribution in [0.2, 0.25) is 0 Å². The lowest BCUT2D eigenvalue weighted by Gasteiger charge is -2.07. The molecule has 0 amide bonds. The number of aromatic nitrogens is 2. The molecule has 21 heavy (non-hydrogen) atoms. The third-order valence-electron chi connectivity index (χ3n) is 3.05. The molecule has 0 N–H and O–H groups in total. The Kier molecular flexibility index (Phi) is 3.44. The van der Waals surface area contributed by atoms with Crippen molar-refractivity contribution in [1.82, 2.24) is 9.38 Å². The fraction of sp³-hybridized carbons (Fsp3) is 0.125. The lowest BCUT2D eigenvalue weighted by atomic mass is 10.2. The first-order valence-electron chi connectivity index (χ1n) is 6.43. The van der Waals surface area contributed by atoms with E-state index in [9.17, 15) is 0 Å². The lowest BCUT2D eigenvalue weighted by molar-refractivity contribution is 0.299. The van der Waals surface area contributed by atoms with Gasteiger partial charge < -0.3 is 13.9 Å². The Bertz CT molecular complexity index is 785. The molecule has 0 bridgehead atoms. The number of methoxy groups -OCH3 is 1. The first-order valence-corrected chi connectivity index (χ1v) is 6.43. The smallest absolute Gasteiger partial charge is 0.137 e. The number of ether oxygens (including phenoxy) is 2. The number of benzene rings is 1. The summed E-state index contributed by atoms with van der Waals surface area (Å²) in [6.07, 6.45) is 3.85. The maximum absolute atomic E-state index is 8.99. The number of hydrogen-bond donors (Lipinski definition) is 0. The van der Waals surface area contributed by atoms with Gasteiger partial charge in [-0.05, 0) is 24.3 Å². The highest BCUT2D eigenvalue weighted by atomic mass is 16.5. The summed E-state index contributed by atoms with van der Waals surface area (Å²) in [5.74, 6) is 1.18. The Labute approximate surface area is 122 Å². The van der Waals surface area contributed by atoms with Gasteiger partial charge in [0.05, 0.1) is 24.4 Å². The van der Waals surface area contributed by atoms with Crippen LogP contribution in [0.5, 0.6) is 11.5 Å². The maximum Gasteiger partial charge on any atom is 0.137 e. The van der Waals surface area contributed by atoms with Gasteiger partial charge in [0, 0.05) is 18.5 Å². The van der Waals surface area contributed by atoms with Crippen molar-refractivity contribution in [2.24, 2.45) is 0 Å². The molecule has 104 valence electrons. The van der Waals surface area contributed by atoms with E-state index in [2.05, 4.69) is 11.1 Å². The van der Waals surface area contributed by atoms with Crippen LogP contribution in [-0.4, -0.2) is 16.5 Å². The van der Waals surface area contributed by atoms with Crippen molar-refractivity contribution in [2.75, 3.05) is 7.11 Å². The highest BCUT2D eigenvalue weighted by molar-refractivity contribution is 5.44. The standard InChI is InChI=1S/C16H13N3O2/c1-20-14-6-12(9-17)7-15(8-14)21-11-13-10-19-5-3-2-4-16(19)18-13/h2-8,10H,11H2,1H3. The molecule has 2 heterocycles. The summed E-state index contributed by atoms with van der Waals surface area (Å²) in [4.78, 5) is 4.45. The highest BCUT2D eigenvalue weighted by Gasteiger charge is 2.05. The van der Waals surface area contributed by atoms with Crippen LogP contribution in [0.3, 0.4) is 0 Å². The molecule has 3 rings (SSSR count). The molecule has 0 fully saturated rings. The fourth-order valence-electron chi connectivity index (χ4n) is 2.05. The molecule has 0 spiro atoms. The SMILES string of the molecule is COc1cc(C#N)cc(OCc2cn3ccccc3n2)c1. The third-order valence-corrected chi connectivity index (χ3v) is 3.05. The Morgan fingerprint density at radius 1 is 1.24 bits per heavy atom. The van der Waals surface area contributed by atoms with Crippen molar-refractivity contribution in [3.63, 3.8) is 0 Å². The van der Waals surface area contributed by atoms with Crippen LogP contribution in [0.1, 0.15) is 11.3 Å². The van der Waals surface area contributed by atoms with Crippen molar-refractivity contribution in [2.45, 2.75) is 6.61 Å². The van der Waals surface area contributed by atoms with E-state index in [1.807, 2.05) is 35.0 Å². The number of nitriles is 1. The Balaban J connectivity index is 1.79. The number of rotatable bonds is 4. The molecule has 3 aromatic rings. The summed E-state index contributed by atoms with van der Waals surface area (Å²) in [7, 11) is 1.56. The molecular weight excluding hydrogens is 266 g/mol. The van der Waals surface area contributed by atoms with Gasteiger partial charge in [0.25, 0.3) is 0 Å². The zero-order chi connectivity index (χ0) is 14.7. The minimum Gasteiger partial charge on any atom is -0.497 e. The summed E-state index contributed by atoms with van der Waals surface area (Å²) in [5.41, 5.74) is 2.20. The van der Waals surface area contributed by atoms with E-state index in [1.54, 1.807) is 25.3 Å². The number of imidazole rings is 1. The third kappa shape index (κ3) is 2.79. The maximum atomic E-state index is 8.99. The zero-order valence-corrected chi connectivity index (χ0v) is 11.5. The molecule has 5 nitrogen and oxygen atoms in total. The Morgan fingerprint density at radius 2 is 2.10 bits per heavy atom. The summed E-state index contributed by atoms with van der Waals surface area (Å²) in [6, 6.07) is 13.0. The van der Waals surface area contributed by atoms with Crippen LogP contribution in [0.25, 0.3) is 5.65 Å². The fourth-order valence-corrected chi connectivity index (χ4v) is 2.05. The number of hydrogen-bond acceptors (Lipinski definition) is 4. The molecule has 0 unspecified atom stereocenters. The van der Waals surface area contributed by atoms with Gasteiger partial charge in [-0.15, -0.1) is 0 Å². The number of nitrogens with zero attached hydrogens (tertiary/aromatic N) is 3. The Morgan fingerprint density at radius 3 is 2.86 bits per heavy atom. The van der Waals surface area contributed by atoms with Crippen LogP contribution in [0, 0.1) is 11.3 Å². The summed E-state index contributed by atoms with van der Waals surface area (Å²) < 4.78 is 12.8. The molecule has 0 aliphatic heterocycles. The van der Waals surface area contributed by atoms with Gasteiger partial charge in [0.15, 0.2) is 0 Å². The zero-order valence-electron chi connectivity index (χ0n) is 11.5. The quantitative estimate of drug-likeness (QED) is 0.736. The van der Waals surface area contributed by atoms with Crippen LogP contribution in [0.15, 0.2) is 48.8 Å². The normalized spacial score (nSPS) is 10.3. The average Bonchev–Trinajstić information content (AvgIpc) is 2.95. The van der Waals surface area contributed by atoms with Gasteiger partial charge >= 0.3 is 0 Å². The van der Waals surface area contributed by atoms with Gasteiger partial charge in [0.1, 0.15) is 23.8 Å². The van der Waals surface area contributed by atoms with Crippen molar-refractivity contribution in [3.05, 3.63) is 60.0 Å². The molecule has 0 atom stereocenters. The van der Waals surface area contributed by atoms with Crippen LogP contribution < -0.4 is 9.47 Å². The Hall–Kier alpha value is -3.00. The van der Waals surface area contributed by atoms with E-state index < -0.39 is 0 Å². The van der Waals surface area contributed by atoms with Crippen molar-refractivity contribution < 1.29 is 9.47 Å². The van der Waals surface area contributed by atoms with Crippen molar-refractivity contribution >= 4 is 5.65 Å². The summed E-state index contributed by atoms with van der Waals surface area (Å²) in [6.45, 7) is 0.333. The molecular formula is C16H13N3O2. The topological polar surface area (TPSA) is 59.5 Å². The minimum absolute atomic E-state index is 0.333. The monoisotopic (exact) mass is 279 g/mol. The van der Waals surface area contributed by atoms with Crippen LogP contribution >= 0.6 is 0 Å². The predicted octanol–water partition coefficient (Wildman–Crippen LogP) is 2.79. The molecule has 0 saturated carbocycles. The molecule has 0 saturated heterocycles. The molecule has 1 aromatic carbocycles. The van der Waals surface area contributed by atoms with Gasteiger partial charge in [-0.2, -0.15) is 5.26 Å². The summed E-state index contributed by atoms with van der Waals surface area (Å²) >= 11 is 0. The second kappa shape index (κ2) is 5.55. The largest absolute Gasteiger partial charge is 0.497 e. The predicted molar refractivity (Wildman–Crippen MR) is 77.2 cm³/mol. The van der Waals surface area contributed by atoms with Crippen molar-refractivity contribution in [3.8, 4) is 17.6 Å². The number of pyridine rings is 1. The molecule has 0 aliphatic rings. The van der Waals surface area contributed by atoms with Crippen molar-refractivity contribution in [1.29, 1.82) is 5.26 Å². The van der Waals surface area contributed by atoms with E-state index >= 15 is 0 Å². The van der Waals surface area contributed by atoms with Gasteiger partial charge in [0.2, 0.25) is 0 Å². The van der Waals surface area contributed by atoms with Crippen LogP contribution in [0.4, 0.5) is 0 Å². The van der Waals surface area contributed by atoms with Gasteiger partial charge in [-0.25, -0.2) is 4.98 Å². The molecule has 5 heteroatoms. The molecule has 2 aromatic heterocycles. The van der Waals surface area contributed by atoms with E-state index in [-0.39, 0.29) is 0 Å². The van der Waals surface area contributed by atoms with E-state index in [0.717, 1.165) is 11.3 Å². The molecule has 0 radical (unpaired) electrons. The average molecular weight is 279 g/mol. The van der Waals surface area contributed by atoms with Gasteiger partial charge in [-0.1, -0.05) is 6.07 Å². The lowest BCUT2D eigenvalue weighted by Crippen LogP contribution is -1.96. The van der Waals surface area contributed by atoms with E-state index in [1.165, 1.54) is 0 Å². The highest BCUT2D eigenvalue weighted by Crippen LogP contribution is 2.23.